The molecular formula is C13H9ClN2O2S. The Morgan fingerprint density at radius 1 is 1.32 bits per heavy atom. The molecule has 96 valence electrons. The van der Waals surface area contributed by atoms with Gasteiger partial charge in [-0.25, -0.2) is 0 Å². The number of ketones is 1. The van der Waals surface area contributed by atoms with E-state index in [0.717, 1.165) is 28.3 Å². The zero-order valence-electron chi connectivity index (χ0n) is 10.0. The third-order valence-electron chi connectivity index (χ3n) is 2.71. The van der Waals surface area contributed by atoms with Gasteiger partial charge in [0.2, 0.25) is 0 Å². The molecule has 3 rings (SSSR count). The van der Waals surface area contributed by atoms with Crippen molar-refractivity contribution in [2.45, 2.75) is 13.3 Å². The van der Waals surface area contributed by atoms with Gasteiger partial charge >= 0.3 is 0 Å². The Labute approximate surface area is 118 Å². The van der Waals surface area contributed by atoms with E-state index in [-0.39, 0.29) is 12.2 Å². The van der Waals surface area contributed by atoms with Crippen LogP contribution in [0.5, 0.6) is 0 Å². The summed E-state index contributed by atoms with van der Waals surface area (Å²) in [5.41, 5.74) is 2.23. The number of nitrogens with zero attached hydrogens (tertiary/aromatic N) is 2. The zero-order chi connectivity index (χ0) is 13.4. The number of hydrogen-bond donors (Lipinski definition) is 0. The minimum Gasteiger partial charge on any atom is -0.460 e. The summed E-state index contributed by atoms with van der Waals surface area (Å²) < 4.78 is 14.1. The largest absolute Gasteiger partial charge is 0.460 e. The van der Waals surface area contributed by atoms with E-state index in [1.807, 2.05) is 6.07 Å². The standard InChI is InChI=1S/C13H9ClN2O2S/c1-7(17)6-8-2-5-11(18-8)12-9(14)3-4-10-13(12)16-19-15-10/h2-5H,6H2,1H3. The van der Waals surface area contributed by atoms with Gasteiger partial charge in [0.1, 0.15) is 28.3 Å². The van der Waals surface area contributed by atoms with Gasteiger partial charge in [0.25, 0.3) is 0 Å². The van der Waals surface area contributed by atoms with Crippen molar-refractivity contribution in [3.8, 4) is 11.3 Å². The summed E-state index contributed by atoms with van der Waals surface area (Å²) in [6.45, 7) is 1.53. The highest BCUT2D eigenvalue weighted by Crippen LogP contribution is 2.35. The number of rotatable bonds is 3. The monoisotopic (exact) mass is 292 g/mol. The third kappa shape index (κ3) is 2.27. The number of fused-ring (bicyclic) bond motifs is 1. The number of aromatic nitrogens is 2. The second-order valence-corrected chi connectivity index (χ2v) is 5.13. The lowest BCUT2D eigenvalue weighted by Crippen LogP contribution is -1.93. The van der Waals surface area contributed by atoms with Crippen molar-refractivity contribution < 1.29 is 9.21 Å². The molecule has 0 bridgehead atoms. The second kappa shape index (κ2) is 4.75. The summed E-state index contributed by atoms with van der Waals surface area (Å²) in [7, 11) is 0. The van der Waals surface area contributed by atoms with E-state index in [1.54, 1.807) is 18.2 Å². The Morgan fingerprint density at radius 3 is 2.95 bits per heavy atom. The van der Waals surface area contributed by atoms with E-state index in [0.29, 0.717) is 16.5 Å². The summed E-state index contributed by atoms with van der Waals surface area (Å²) in [6, 6.07) is 7.18. The molecule has 0 saturated carbocycles. The molecule has 2 heterocycles. The fourth-order valence-corrected chi connectivity index (χ4v) is 2.70. The molecule has 0 unspecified atom stereocenters. The van der Waals surface area contributed by atoms with Gasteiger partial charge in [-0.3, -0.25) is 4.79 Å². The molecule has 0 aliphatic heterocycles. The maximum atomic E-state index is 11.1. The Kier molecular flexibility index (Phi) is 3.08. The van der Waals surface area contributed by atoms with Crippen molar-refractivity contribution in [2.75, 3.05) is 0 Å². The number of halogens is 1. The average Bonchev–Trinajstić information content (AvgIpc) is 2.97. The van der Waals surface area contributed by atoms with Crippen LogP contribution in [0.3, 0.4) is 0 Å². The van der Waals surface area contributed by atoms with Crippen LogP contribution in [0.4, 0.5) is 0 Å². The fourth-order valence-electron chi connectivity index (χ4n) is 1.91. The maximum absolute atomic E-state index is 11.1. The van der Waals surface area contributed by atoms with Crippen molar-refractivity contribution >= 4 is 40.1 Å². The van der Waals surface area contributed by atoms with Crippen molar-refractivity contribution in [3.63, 3.8) is 0 Å². The van der Waals surface area contributed by atoms with Gasteiger partial charge in [0.05, 0.1) is 28.7 Å². The van der Waals surface area contributed by atoms with E-state index in [2.05, 4.69) is 8.75 Å². The zero-order valence-corrected chi connectivity index (χ0v) is 11.6. The summed E-state index contributed by atoms with van der Waals surface area (Å²) in [5, 5.41) is 0.559. The first-order chi connectivity index (χ1) is 9.15. The number of furan rings is 1. The highest BCUT2D eigenvalue weighted by atomic mass is 35.5. The number of carbonyl (C=O) groups is 1. The van der Waals surface area contributed by atoms with Crippen molar-refractivity contribution in [1.82, 2.24) is 8.75 Å². The Hall–Kier alpha value is -1.72. The lowest BCUT2D eigenvalue weighted by atomic mass is 10.1. The van der Waals surface area contributed by atoms with Crippen LogP contribution in [0.25, 0.3) is 22.4 Å². The van der Waals surface area contributed by atoms with Gasteiger partial charge in [-0.05, 0) is 31.2 Å². The third-order valence-corrected chi connectivity index (χ3v) is 3.57. The predicted octanol–water partition coefficient (Wildman–Crippen LogP) is 3.74. The van der Waals surface area contributed by atoms with E-state index in [1.165, 1.54) is 6.92 Å². The van der Waals surface area contributed by atoms with Crippen LogP contribution in [0.2, 0.25) is 5.02 Å². The van der Waals surface area contributed by atoms with Gasteiger partial charge < -0.3 is 4.42 Å². The number of hydrogen-bond acceptors (Lipinski definition) is 5. The molecule has 0 radical (unpaired) electrons. The topological polar surface area (TPSA) is 56.0 Å². The first kappa shape index (κ1) is 12.3. The lowest BCUT2D eigenvalue weighted by molar-refractivity contribution is -0.116. The second-order valence-electron chi connectivity index (χ2n) is 4.20. The highest BCUT2D eigenvalue weighted by molar-refractivity contribution is 7.00. The van der Waals surface area contributed by atoms with Crippen LogP contribution < -0.4 is 0 Å². The molecule has 0 amide bonds. The molecule has 19 heavy (non-hydrogen) atoms. The van der Waals surface area contributed by atoms with Gasteiger partial charge in [-0.2, -0.15) is 8.75 Å². The molecule has 3 aromatic rings. The normalized spacial score (nSPS) is 11.1. The molecule has 2 aromatic heterocycles. The van der Waals surface area contributed by atoms with Gasteiger partial charge in [0, 0.05) is 0 Å². The molecule has 0 aliphatic rings. The molecule has 6 heteroatoms. The molecule has 0 aliphatic carbocycles. The molecule has 4 nitrogen and oxygen atoms in total. The SMILES string of the molecule is CC(=O)Cc1ccc(-c2c(Cl)ccc3nsnc23)o1. The Morgan fingerprint density at radius 2 is 2.16 bits per heavy atom. The maximum Gasteiger partial charge on any atom is 0.138 e. The molecular weight excluding hydrogens is 284 g/mol. The molecule has 0 spiro atoms. The molecule has 0 N–H and O–H groups in total. The molecule has 0 fully saturated rings. The van der Waals surface area contributed by atoms with Crippen LogP contribution in [0, 0.1) is 0 Å². The first-order valence-corrected chi connectivity index (χ1v) is 6.75. The van der Waals surface area contributed by atoms with Crippen molar-refractivity contribution in [3.05, 3.63) is 35.0 Å². The lowest BCUT2D eigenvalue weighted by Gasteiger charge is -2.01. The number of Topliss-reactive ketones (excluding diaryl/α,β-unsaturated/α-hetero) is 1. The molecule has 1 aromatic carbocycles. The summed E-state index contributed by atoms with van der Waals surface area (Å²) >= 11 is 7.35. The molecule has 0 atom stereocenters. The summed E-state index contributed by atoms with van der Waals surface area (Å²) in [5.74, 6) is 1.29. The first-order valence-electron chi connectivity index (χ1n) is 5.64. The van der Waals surface area contributed by atoms with Crippen LogP contribution in [-0.4, -0.2) is 14.5 Å². The van der Waals surface area contributed by atoms with Gasteiger partial charge in [-0.1, -0.05) is 11.6 Å². The van der Waals surface area contributed by atoms with E-state index in [9.17, 15) is 4.79 Å². The van der Waals surface area contributed by atoms with Crippen LogP contribution in [0.15, 0.2) is 28.7 Å². The Bertz CT molecular complexity index is 763. The van der Waals surface area contributed by atoms with Crippen LogP contribution >= 0.6 is 23.3 Å². The summed E-state index contributed by atoms with van der Waals surface area (Å²) in [6.07, 6.45) is 0.281. The quantitative estimate of drug-likeness (QED) is 0.738. The summed E-state index contributed by atoms with van der Waals surface area (Å²) in [4.78, 5) is 11.1. The predicted molar refractivity (Wildman–Crippen MR) is 74.5 cm³/mol. The van der Waals surface area contributed by atoms with Gasteiger partial charge in [-0.15, -0.1) is 0 Å². The number of carbonyl (C=O) groups excluding carboxylic acids is 1. The minimum atomic E-state index is 0.0560. The highest BCUT2D eigenvalue weighted by Gasteiger charge is 2.15. The van der Waals surface area contributed by atoms with Crippen LogP contribution in [0.1, 0.15) is 12.7 Å². The van der Waals surface area contributed by atoms with E-state index >= 15 is 0 Å². The Balaban J connectivity index is 2.13. The molecule has 0 saturated heterocycles. The van der Waals surface area contributed by atoms with Crippen molar-refractivity contribution in [2.24, 2.45) is 0 Å². The van der Waals surface area contributed by atoms with Crippen LogP contribution in [-0.2, 0) is 11.2 Å². The fraction of sp³-hybridized carbons (Fsp3) is 0.154. The van der Waals surface area contributed by atoms with E-state index < -0.39 is 0 Å². The average molecular weight is 293 g/mol. The van der Waals surface area contributed by atoms with E-state index in [4.69, 9.17) is 16.0 Å². The minimum absolute atomic E-state index is 0.0560. The number of benzene rings is 1. The smallest absolute Gasteiger partial charge is 0.138 e. The van der Waals surface area contributed by atoms with Crippen molar-refractivity contribution in [1.29, 1.82) is 0 Å². The van der Waals surface area contributed by atoms with Gasteiger partial charge in [0.15, 0.2) is 0 Å².